The van der Waals surface area contributed by atoms with E-state index in [0.717, 1.165) is 47.6 Å². The molecule has 0 spiro atoms. The van der Waals surface area contributed by atoms with Gasteiger partial charge in [0.2, 0.25) is 5.91 Å². The minimum absolute atomic E-state index is 0.134. The van der Waals surface area contributed by atoms with Crippen LogP contribution in [0.25, 0.3) is 17.1 Å². The quantitative estimate of drug-likeness (QED) is 0.193. The second-order valence-electron chi connectivity index (χ2n) is 9.38. The molecule has 1 aromatic heterocycles. The number of ether oxygens (including phenoxy) is 1. The molecule has 1 N–H and O–H groups in total. The van der Waals surface area contributed by atoms with Crippen molar-refractivity contribution in [3.63, 3.8) is 0 Å². The number of hydrogen-bond acceptors (Lipinski definition) is 3. The van der Waals surface area contributed by atoms with Crippen LogP contribution < -0.4 is 10.1 Å². The number of carbonyl (C=O) groups excluding carboxylic acids is 1. The smallest absolute Gasteiger partial charge is 0.244 e. The number of amides is 1. The zero-order chi connectivity index (χ0) is 25.3. The summed E-state index contributed by atoms with van der Waals surface area (Å²) >= 11 is 0. The van der Waals surface area contributed by atoms with E-state index in [4.69, 9.17) is 9.72 Å². The Kier molecular flexibility index (Phi) is 8.56. The number of fused-ring (bicyclic) bond motifs is 1. The Morgan fingerprint density at radius 3 is 2.61 bits per heavy atom. The molecule has 0 aliphatic heterocycles. The van der Waals surface area contributed by atoms with E-state index in [0.29, 0.717) is 19.1 Å². The molecular formula is C31H35N3O2. The van der Waals surface area contributed by atoms with Gasteiger partial charge in [-0.1, -0.05) is 68.4 Å². The highest BCUT2D eigenvalue weighted by Crippen LogP contribution is 2.27. The van der Waals surface area contributed by atoms with Gasteiger partial charge in [0.05, 0.1) is 24.2 Å². The van der Waals surface area contributed by atoms with Crippen molar-refractivity contribution in [2.24, 2.45) is 0 Å². The summed E-state index contributed by atoms with van der Waals surface area (Å²) < 4.78 is 8.38. The first-order valence-corrected chi connectivity index (χ1v) is 12.7. The number of unbranched alkanes of at least 4 members (excludes halogenated alkanes) is 1. The van der Waals surface area contributed by atoms with Crippen molar-refractivity contribution in [2.45, 2.75) is 52.6 Å². The van der Waals surface area contributed by atoms with Crippen molar-refractivity contribution in [3.8, 4) is 5.75 Å². The summed E-state index contributed by atoms with van der Waals surface area (Å²) in [6.45, 7) is 8.36. The van der Waals surface area contributed by atoms with Gasteiger partial charge >= 0.3 is 0 Å². The molecule has 1 heterocycles. The number of para-hydroxylation sites is 2. The van der Waals surface area contributed by atoms with Gasteiger partial charge in [0.25, 0.3) is 0 Å². The van der Waals surface area contributed by atoms with Crippen LogP contribution in [0.2, 0.25) is 0 Å². The van der Waals surface area contributed by atoms with E-state index >= 15 is 0 Å². The average molecular weight is 482 g/mol. The number of nitrogens with zero attached hydrogens (tertiary/aromatic N) is 2. The van der Waals surface area contributed by atoms with Crippen molar-refractivity contribution >= 4 is 23.0 Å². The highest BCUT2D eigenvalue weighted by Gasteiger charge is 2.12. The van der Waals surface area contributed by atoms with Crippen LogP contribution in [0.5, 0.6) is 5.75 Å². The Balaban J connectivity index is 1.35. The summed E-state index contributed by atoms with van der Waals surface area (Å²) in [7, 11) is 0. The summed E-state index contributed by atoms with van der Waals surface area (Å²) in [5.74, 6) is 2.15. The molecule has 0 aliphatic carbocycles. The summed E-state index contributed by atoms with van der Waals surface area (Å²) in [5.41, 5.74) is 5.49. The van der Waals surface area contributed by atoms with Crippen molar-refractivity contribution < 1.29 is 9.53 Å². The predicted octanol–water partition coefficient (Wildman–Crippen LogP) is 6.66. The minimum atomic E-state index is -0.134. The lowest BCUT2D eigenvalue weighted by Crippen LogP contribution is -2.22. The monoisotopic (exact) mass is 481 g/mol. The van der Waals surface area contributed by atoms with Crippen LogP contribution in [0, 0.1) is 6.92 Å². The largest absolute Gasteiger partial charge is 0.493 e. The average Bonchev–Trinajstić information content (AvgIpc) is 3.24. The molecule has 0 aliphatic rings. The first kappa shape index (κ1) is 25.2. The number of aryl methyl sites for hydroxylation is 2. The van der Waals surface area contributed by atoms with Crippen LogP contribution in [0.1, 0.15) is 55.1 Å². The fraction of sp³-hybridized carbons (Fsp3) is 0.290. The van der Waals surface area contributed by atoms with E-state index in [9.17, 15) is 4.79 Å². The molecule has 36 heavy (non-hydrogen) atoms. The number of nitrogens with one attached hydrogen (secondary N) is 1. The molecule has 5 heteroatoms. The number of carbonyl (C=O) groups is 1. The van der Waals surface area contributed by atoms with Crippen LogP contribution in [-0.4, -0.2) is 22.1 Å². The molecule has 3 aromatic carbocycles. The van der Waals surface area contributed by atoms with Gasteiger partial charge in [-0.2, -0.15) is 0 Å². The Bertz CT molecular complexity index is 1320. The molecule has 0 radical (unpaired) electrons. The zero-order valence-corrected chi connectivity index (χ0v) is 21.4. The van der Waals surface area contributed by atoms with E-state index in [2.05, 4.69) is 54.9 Å². The van der Waals surface area contributed by atoms with Crippen molar-refractivity contribution in [1.82, 2.24) is 14.9 Å². The Hall–Kier alpha value is -3.86. The molecule has 1 amide bonds. The Morgan fingerprint density at radius 1 is 1.03 bits per heavy atom. The maximum Gasteiger partial charge on any atom is 0.244 e. The van der Waals surface area contributed by atoms with Crippen LogP contribution in [0.4, 0.5) is 0 Å². The van der Waals surface area contributed by atoms with E-state index in [1.165, 1.54) is 11.1 Å². The van der Waals surface area contributed by atoms with E-state index in [1.807, 2.05) is 54.6 Å². The normalized spacial score (nSPS) is 11.4. The zero-order valence-electron chi connectivity index (χ0n) is 21.4. The van der Waals surface area contributed by atoms with E-state index < -0.39 is 0 Å². The fourth-order valence-corrected chi connectivity index (χ4v) is 4.27. The molecule has 0 unspecified atom stereocenters. The van der Waals surface area contributed by atoms with Gasteiger partial charge in [0, 0.05) is 12.6 Å². The molecular weight excluding hydrogens is 446 g/mol. The summed E-state index contributed by atoms with van der Waals surface area (Å²) in [6, 6.07) is 24.4. The van der Waals surface area contributed by atoms with Crippen molar-refractivity contribution in [1.29, 1.82) is 0 Å². The first-order valence-electron chi connectivity index (χ1n) is 12.7. The van der Waals surface area contributed by atoms with E-state index in [-0.39, 0.29) is 5.91 Å². The number of benzene rings is 3. The molecule has 0 fully saturated rings. The van der Waals surface area contributed by atoms with Gasteiger partial charge in [-0.15, -0.1) is 0 Å². The van der Waals surface area contributed by atoms with Gasteiger partial charge in [0.15, 0.2) is 0 Å². The molecule has 186 valence electrons. The molecule has 4 rings (SSSR count). The van der Waals surface area contributed by atoms with Gasteiger partial charge in [-0.25, -0.2) is 4.98 Å². The molecule has 0 atom stereocenters. The molecule has 5 nitrogen and oxygen atoms in total. The van der Waals surface area contributed by atoms with Crippen LogP contribution >= 0.6 is 0 Å². The first-order chi connectivity index (χ1) is 17.5. The lowest BCUT2D eigenvalue weighted by molar-refractivity contribution is -0.116. The minimum Gasteiger partial charge on any atom is -0.493 e. The lowest BCUT2D eigenvalue weighted by atomic mass is 10.0. The summed E-state index contributed by atoms with van der Waals surface area (Å²) in [5, 5.41) is 2.98. The van der Waals surface area contributed by atoms with Crippen LogP contribution in [0.3, 0.4) is 0 Å². The third kappa shape index (κ3) is 6.63. The fourth-order valence-electron chi connectivity index (χ4n) is 4.27. The van der Waals surface area contributed by atoms with Gasteiger partial charge in [0.1, 0.15) is 11.6 Å². The highest BCUT2D eigenvalue weighted by atomic mass is 16.5. The third-order valence-electron chi connectivity index (χ3n) is 6.21. The Morgan fingerprint density at radius 2 is 1.81 bits per heavy atom. The van der Waals surface area contributed by atoms with Crippen molar-refractivity contribution in [2.75, 3.05) is 6.61 Å². The summed E-state index contributed by atoms with van der Waals surface area (Å²) in [4.78, 5) is 17.2. The second-order valence-corrected chi connectivity index (χ2v) is 9.38. The van der Waals surface area contributed by atoms with Crippen LogP contribution in [0.15, 0.2) is 78.9 Å². The SMILES string of the molecule is Cc1ccc(C(C)C)c(OCCCCn2c(CNC(=O)/C=C\c3ccccc3)nc3ccccc32)c1. The third-order valence-corrected chi connectivity index (χ3v) is 6.21. The molecule has 4 aromatic rings. The topological polar surface area (TPSA) is 56.1 Å². The molecule has 0 saturated heterocycles. The molecule has 0 saturated carbocycles. The second kappa shape index (κ2) is 12.2. The van der Waals surface area contributed by atoms with Gasteiger partial charge < -0.3 is 14.6 Å². The van der Waals surface area contributed by atoms with Crippen molar-refractivity contribution in [3.05, 3.63) is 101 Å². The van der Waals surface area contributed by atoms with Gasteiger partial charge in [-0.3, -0.25) is 4.79 Å². The number of hydrogen-bond donors (Lipinski definition) is 1. The van der Waals surface area contributed by atoms with E-state index in [1.54, 1.807) is 6.08 Å². The summed E-state index contributed by atoms with van der Waals surface area (Å²) in [6.07, 6.45) is 5.27. The Labute approximate surface area is 213 Å². The maximum absolute atomic E-state index is 12.4. The highest BCUT2D eigenvalue weighted by molar-refractivity contribution is 5.91. The van der Waals surface area contributed by atoms with Crippen LogP contribution in [-0.2, 0) is 17.9 Å². The predicted molar refractivity (Wildman–Crippen MR) is 147 cm³/mol. The molecule has 0 bridgehead atoms. The number of imidazole rings is 1. The number of aromatic nitrogens is 2. The van der Waals surface area contributed by atoms with Gasteiger partial charge in [-0.05, 0) is 66.6 Å². The standard InChI is InChI=1S/C31H35N3O2/c1-23(2)26-17-15-24(3)21-29(26)36-20-10-9-19-34-28-14-8-7-13-27(28)33-30(34)22-32-31(35)18-16-25-11-5-4-6-12-25/h4-8,11-18,21,23H,9-10,19-20,22H2,1-3H3,(H,32,35)/b18-16-. The lowest BCUT2D eigenvalue weighted by Gasteiger charge is -2.15. The number of rotatable bonds is 11. The maximum atomic E-state index is 12.4.